The van der Waals surface area contributed by atoms with E-state index in [-0.39, 0.29) is 11.8 Å². The van der Waals surface area contributed by atoms with Crippen molar-refractivity contribution >= 4 is 16.8 Å². The summed E-state index contributed by atoms with van der Waals surface area (Å²) in [7, 11) is 0. The van der Waals surface area contributed by atoms with Crippen molar-refractivity contribution < 1.29 is 4.79 Å². The molecule has 16 heavy (non-hydrogen) atoms. The number of amides is 1. The van der Waals surface area contributed by atoms with Crippen LogP contribution >= 0.6 is 0 Å². The lowest BCUT2D eigenvalue weighted by Crippen LogP contribution is -2.28. The largest absolute Gasteiger partial charge is 0.369 e. The molecule has 0 spiro atoms. The zero-order chi connectivity index (χ0) is 11.1. The molecular formula is C13H14N2O. The number of carbonyl (C=O) groups is 1. The third kappa shape index (κ3) is 1.32. The van der Waals surface area contributed by atoms with Crippen molar-refractivity contribution in [3.8, 4) is 0 Å². The highest BCUT2D eigenvalue weighted by Gasteiger charge is 2.25. The van der Waals surface area contributed by atoms with Crippen molar-refractivity contribution in [2.45, 2.75) is 19.3 Å². The van der Waals surface area contributed by atoms with E-state index >= 15 is 0 Å². The number of carbonyl (C=O) groups excluding carboxylic acids is 1. The van der Waals surface area contributed by atoms with Gasteiger partial charge in [0, 0.05) is 22.5 Å². The van der Waals surface area contributed by atoms with Gasteiger partial charge in [-0.2, -0.15) is 0 Å². The first kappa shape index (κ1) is 9.46. The van der Waals surface area contributed by atoms with Gasteiger partial charge < -0.3 is 10.7 Å². The second-order valence-corrected chi connectivity index (χ2v) is 4.47. The quantitative estimate of drug-likeness (QED) is 0.746. The van der Waals surface area contributed by atoms with Crippen LogP contribution in [-0.2, 0) is 17.6 Å². The first-order chi connectivity index (χ1) is 7.75. The van der Waals surface area contributed by atoms with Gasteiger partial charge in [0.2, 0.25) is 5.91 Å². The van der Waals surface area contributed by atoms with Gasteiger partial charge in [-0.3, -0.25) is 4.79 Å². The molecule has 1 atom stereocenters. The molecule has 3 nitrogen and oxygen atoms in total. The molecule has 0 fully saturated rings. The number of fused-ring (bicyclic) bond motifs is 3. The Morgan fingerprint density at radius 3 is 3.00 bits per heavy atom. The van der Waals surface area contributed by atoms with Crippen LogP contribution in [0.1, 0.15) is 17.7 Å². The minimum Gasteiger partial charge on any atom is -0.369 e. The molecule has 1 aromatic heterocycles. The number of rotatable bonds is 1. The summed E-state index contributed by atoms with van der Waals surface area (Å²) < 4.78 is 0. The van der Waals surface area contributed by atoms with Crippen molar-refractivity contribution in [1.82, 2.24) is 4.98 Å². The van der Waals surface area contributed by atoms with E-state index in [4.69, 9.17) is 5.73 Å². The Hall–Kier alpha value is -1.77. The monoisotopic (exact) mass is 214 g/mol. The first-order valence-corrected chi connectivity index (χ1v) is 5.63. The number of hydrogen-bond acceptors (Lipinski definition) is 1. The lowest BCUT2D eigenvalue weighted by molar-refractivity contribution is -0.122. The molecule has 0 bridgehead atoms. The van der Waals surface area contributed by atoms with Gasteiger partial charge in [0.1, 0.15) is 0 Å². The van der Waals surface area contributed by atoms with Gasteiger partial charge in [-0.1, -0.05) is 18.2 Å². The smallest absolute Gasteiger partial charge is 0.220 e. The van der Waals surface area contributed by atoms with Gasteiger partial charge >= 0.3 is 0 Å². The molecule has 0 radical (unpaired) electrons. The summed E-state index contributed by atoms with van der Waals surface area (Å²) in [4.78, 5) is 14.7. The molecule has 1 aromatic carbocycles. The van der Waals surface area contributed by atoms with E-state index in [9.17, 15) is 4.79 Å². The highest BCUT2D eigenvalue weighted by molar-refractivity contribution is 5.86. The van der Waals surface area contributed by atoms with Crippen LogP contribution in [0.25, 0.3) is 10.9 Å². The predicted molar refractivity (Wildman–Crippen MR) is 63.0 cm³/mol. The molecule has 82 valence electrons. The molecule has 1 heterocycles. The lowest BCUT2D eigenvalue weighted by atomic mass is 9.86. The molecule has 0 saturated carbocycles. The van der Waals surface area contributed by atoms with Gasteiger partial charge in [-0.05, 0) is 30.9 Å². The van der Waals surface area contributed by atoms with Crippen molar-refractivity contribution in [1.29, 1.82) is 0 Å². The Labute approximate surface area is 93.6 Å². The Morgan fingerprint density at radius 1 is 1.38 bits per heavy atom. The Kier molecular flexibility index (Phi) is 1.99. The molecular weight excluding hydrogens is 200 g/mol. The molecule has 1 aliphatic carbocycles. The second kappa shape index (κ2) is 3.37. The number of primary amides is 1. The fourth-order valence-electron chi connectivity index (χ4n) is 2.61. The summed E-state index contributed by atoms with van der Waals surface area (Å²) in [5.74, 6) is -0.164. The third-order valence-electron chi connectivity index (χ3n) is 3.50. The molecule has 0 unspecified atom stereocenters. The summed E-state index contributed by atoms with van der Waals surface area (Å²) in [6.07, 6.45) is 2.58. The first-order valence-electron chi connectivity index (χ1n) is 5.63. The maximum Gasteiger partial charge on any atom is 0.220 e. The zero-order valence-electron chi connectivity index (χ0n) is 8.99. The van der Waals surface area contributed by atoms with Crippen LogP contribution in [0.4, 0.5) is 0 Å². The topological polar surface area (TPSA) is 58.9 Å². The van der Waals surface area contributed by atoms with Crippen LogP contribution in [0.3, 0.4) is 0 Å². The number of para-hydroxylation sites is 1. The van der Waals surface area contributed by atoms with Gasteiger partial charge in [0.25, 0.3) is 0 Å². The van der Waals surface area contributed by atoms with Crippen molar-refractivity contribution in [2.75, 3.05) is 0 Å². The van der Waals surface area contributed by atoms with Gasteiger partial charge in [-0.15, -0.1) is 0 Å². The highest BCUT2D eigenvalue weighted by Crippen LogP contribution is 2.31. The molecule has 3 N–H and O–H groups in total. The van der Waals surface area contributed by atoms with E-state index in [0.29, 0.717) is 0 Å². The standard InChI is InChI=1S/C13H14N2O/c14-13(16)8-5-6-12-10(7-8)9-3-1-2-4-11(9)15-12/h1-4,8,15H,5-7H2,(H2,14,16)/t8-/m0/s1. The van der Waals surface area contributed by atoms with Crippen LogP contribution in [0.2, 0.25) is 0 Å². The Balaban J connectivity index is 2.11. The van der Waals surface area contributed by atoms with Gasteiger partial charge in [0.15, 0.2) is 0 Å². The number of aromatic nitrogens is 1. The van der Waals surface area contributed by atoms with Crippen LogP contribution in [-0.4, -0.2) is 10.9 Å². The number of benzene rings is 1. The fourth-order valence-corrected chi connectivity index (χ4v) is 2.61. The Bertz CT molecular complexity index is 556. The summed E-state index contributed by atoms with van der Waals surface area (Å²) in [5.41, 5.74) is 9.11. The van der Waals surface area contributed by atoms with Gasteiger partial charge in [-0.25, -0.2) is 0 Å². The average Bonchev–Trinajstić information content (AvgIpc) is 2.66. The molecule has 3 rings (SSSR count). The SMILES string of the molecule is NC(=O)[C@H]1CCc2[nH]c3ccccc3c2C1. The highest BCUT2D eigenvalue weighted by atomic mass is 16.1. The maximum absolute atomic E-state index is 11.2. The van der Waals surface area contributed by atoms with Crippen molar-refractivity contribution in [3.05, 3.63) is 35.5 Å². The molecule has 2 aromatic rings. The summed E-state index contributed by atoms with van der Waals surface area (Å²) >= 11 is 0. The van der Waals surface area contributed by atoms with E-state index in [1.165, 1.54) is 16.6 Å². The normalized spacial score (nSPS) is 19.6. The van der Waals surface area contributed by atoms with E-state index in [2.05, 4.69) is 17.1 Å². The van der Waals surface area contributed by atoms with Crippen LogP contribution in [0.15, 0.2) is 24.3 Å². The fraction of sp³-hybridized carbons (Fsp3) is 0.308. The second-order valence-electron chi connectivity index (χ2n) is 4.47. The van der Waals surface area contributed by atoms with E-state index in [1.54, 1.807) is 0 Å². The molecule has 0 saturated heterocycles. The van der Waals surface area contributed by atoms with E-state index < -0.39 is 0 Å². The van der Waals surface area contributed by atoms with Crippen LogP contribution in [0.5, 0.6) is 0 Å². The zero-order valence-corrected chi connectivity index (χ0v) is 8.99. The van der Waals surface area contributed by atoms with E-state index in [1.807, 2.05) is 12.1 Å². The minimum atomic E-state index is -0.170. The third-order valence-corrected chi connectivity index (χ3v) is 3.50. The van der Waals surface area contributed by atoms with E-state index in [0.717, 1.165) is 24.8 Å². The number of aromatic amines is 1. The van der Waals surface area contributed by atoms with Crippen LogP contribution in [0, 0.1) is 5.92 Å². The molecule has 1 aliphatic rings. The summed E-state index contributed by atoms with van der Waals surface area (Å²) in [5, 5.41) is 1.24. The molecule has 3 heteroatoms. The van der Waals surface area contributed by atoms with Crippen LogP contribution < -0.4 is 5.73 Å². The number of nitrogens with two attached hydrogens (primary N) is 1. The van der Waals surface area contributed by atoms with Crippen molar-refractivity contribution in [2.24, 2.45) is 11.7 Å². The predicted octanol–water partition coefficient (Wildman–Crippen LogP) is 1.76. The Morgan fingerprint density at radius 2 is 2.19 bits per heavy atom. The average molecular weight is 214 g/mol. The molecule has 0 aliphatic heterocycles. The summed E-state index contributed by atoms with van der Waals surface area (Å²) in [6, 6.07) is 8.24. The number of nitrogens with one attached hydrogen (secondary N) is 1. The van der Waals surface area contributed by atoms with Gasteiger partial charge in [0.05, 0.1) is 0 Å². The molecule has 1 amide bonds. The lowest BCUT2D eigenvalue weighted by Gasteiger charge is -2.19. The maximum atomic E-state index is 11.2. The minimum absolute atomic E-state index is 0.00621. The number of H-pyrrole nitrogens is 1. The van der Waals surface area contributed by atoms with Crippen molar-refractivity contribution in [3.63, 3.8) is 0 Å². The summed E-state index contributed by atoms with van der Waals surface area (Å²) in [6.45, 7) is 0. The number of aryl methyl sites for hydroxylation is 1. The number of hydrogen-bond donors (Lipinski definition) is 2.